The van der Waals surface area contributed by atoms with Crippen molar-refractivity contribution < 1.29 is 38.1 Å². The van der Waals surface area contributed by atoms with Crippen molar-refractivity contribution in [3.05, 3.63) is 11.6 Å². The van der Waals surface area contributed by atoms with E-state index < -0.39 is 5.97 Å². The maximum absolute atomic E-state index is 12.9. The Hall–Kier alpha value is -2.66. The highest BCUT2D eigenvalue weighted by molar-refractivity contribution is 5.81. The SMILES string of the molecule is CNC(=O)CCC(=O)O[C@@H]1C[C@@H](C)N(C(=O)CCCCCNC(=O)O[C@H]2CC[C@@]3(C)C(=CC[C@H]4[C@@H]5C[C@@H]6OC7(CC[C@@H](C)CO7)[C@@H](C)[C@@H]6[C@@]5(C)CC[C@@H]43)C2)C1. The van der Waals surface area contributed by atoms with Crippen molar-refractivity contribution in [3.8, 4) is 0 Å². The smallest absolute Gasteiger partial charge is 0.407 e. The number of hydrogen-bond donors (Lipinski definition) is 2. The summed E-state index contributed by atoms with van der Waals surface area (Å²) in [4.78, 5) is 51.1. The van der Waals surface area contributed by atoms with E-state index in [0.29, 0.717) is 73.0 Å². The number of nitrogens with zero attached hydrogens (tertiary/aromatic N) is 1. The Morgan fingerprint density at radius 1 is 0.909 bits per heavy atom. The van der Waals surface area contributed by atoms with Crippen LogP contribution in [0.5, 0.6) is 0 Å². The molecule has 13 atom stereocenters. The van der Waals surface area contributed by atoms with Crippen molar-refractivity contribution >= 4 is 23.9 Å². The summed E-state index contributed by atoms with van der Waals surface area (Å²) in [7, 11) is 1.54. The minimum absolute atomic E-state index is 0.00254. The van der Waals surface area contributed by atoms with Gasteiger partial charge in [-0.15, -0.1) is 0 Å². The highest BCUT2D eigenvalue weighted by Crippen LogP contribution is 2.70. The van der Waals surface area contributed by atoms with Gasteiger partial charge in [0.15, 0.2) is 5.79 Å². The van der Waals surface area contributed by atoms with Crippen LogP contribution in [0, 0.1) is 46.3 Å². The molecule has 6 fully saturated rings. The average Bonchev–Trinajstić information content (AvgIpc) is 3.77. The molecule has 7 rings (SSSR count). The van der Waals surface area contributed by atoms with E-state index in [1.165, 1.54) is 38.3 Å². The number of esters is 1. The molecule has 1 unspecified atom stereocenters. The number of amides is 3. The molecule has 3 saturated heterocycles. The van der Waals surface area contributed by atoms with Crippen LogP contribution in [0.3, 0.4) is 0 Å². The van der Waals surface area contributed by atoms with E-state index in [-0.39, 0.29) is 60.2 Å². The lowest BCUT2D eigenvalue weighted by Gasteiger charge is -2.58. The van der Waals surface area contributed by atoms with Gasteiger partial charge < -0.3 is 34.5 Å². The van der Waals surface area contributed by atoms with Crippen molar-refractivity contribution in [2.75, 3.05) is 26.7 Å². The summed E-state index contributed by atoms with van der Waals surface area (Å²) in [5.41, 5.74) is 2.00. The summed E-state index contributed by atoms with van der Waals surface area (Å²) in [6.07, 6.45) is 15.5. The zero-order valence-electron chi connectivity index (χ0n) is 34.5. The van der Waals surface area contributed by atoms with Crippen molar-refractivity contribution in [1.82, 2.24) is 15.5 Å². The minimum atomic E-state index is -0.408. The van der Waals surface area contributed by atoms with Crippen LogP contribution in [0.4, 0.5) is 4.79 Å². The predicted octanol–water partition coefficient (Wildman–Crippen LogP) is 7.07. The highest BCUT2D eigenvalue weighted by atomic mass is 16.7. The predicted molar refractivity (Wildman–Crippen MR) is 207 cm³/mol. The molecule has 3 heterocycles. The number of alkyl carbamates (subject to hydrolysis) is 1. The molecular formula is C44H69N3O8. The first-order valence-electron chi connectivity index (χ1n) is 21.9. The summed E-state index contributed by atoms with van der Waals surface area (Å²) in [5.74, 6) is 2.80. The first-order valence-corrected chi connectivity index (χ1v) is 21.9. The van der Waals surface area contributed by atoms with Gasteiger partial charge in [-0.2, -0.15) is 0 Å². The molecule has 55 heavy (non-hydrogen) atoms. The third-order valence-electron chi connectivity index (χ3n) is 15.9. The van der Waals surface area contributed by atoms with E-state index >= 15 is 0 Å². The molecule has 0 bridgehead atoms. The molecule has 0 aromatic carbocycles. The average molecular weight is 768 g/mol. The lowest BCUT2D eigenvalue weighted by Crippen LogP contribution is -2.52. The Balaban J connectivity index is 0.811. The number of fused-ring (bicyclic) bond motifs is 7. The van der Waals surface area contributed by atoms with Crippen molar-refractivity contribution in [1.29, 1.82) is 0 Å². The first kappa shape index (κ1) is 40.5. The van der Waals surface area contributed by atoms with E-state index in [1.807, 2.05) is 6.92 Å². The number of unbranched alkanes of at least 4 members (excludes halogenated alkanes) is 2. The summed E-state index contributed by atoms with van der Waals surface area (Å²) in [6.45, 7) is 13.5. The second kappa shape index (κ2) is 16.3. The molecule has 308 valence electrons. The Morgan fingerprint density at radius 3 is 2.49 bits per heavy atom. The molecule has 3 saturated carbocycles. The lowest BCUT2D eigenvalue weighted by molar-refractivity contribution is -0.272. The quantitative estimate of drug-likeness (QED) is 0.130. The van der Waals surface area contributed by atoms with Crippen LogP contribution in [0.25, 0.3) is 0 Å². The summed E-state index contributed by atoms with van der Waals surface area (Å²) < 4.78 is 25.0. The summed E-state index contributed by atoms with van der Waals surface area (Å²) >= 11 is 0. The van der Waals surface area contributed by atoms with Gasteiger partial charge in [0.05, 0.1) is 25.7 Å². The first-order chi connectivity index (χ1) is 26.3. The Kier molecular flexibility index (Phi) is 12.0. The number of ether oxygens (including phenoxy) is 4. The van der Waals surface area contributed by atoms with Gasteiger partial charge in [-0.3, -0.25) is 14.4 Å². The minimum Gasteiger partial charge on any atom is -0.460 e. The monoisotopic (exact) mass is 768 g/mol. The van der Waals surface area contributed by atoms with Gasteiger partial charge in [-0.1, -0.05) is 45.8 Å². The Morgan fingerprint density at radius 2 is 1.73 bits per heavy atom. The van der Waals surface area contributed by atoms with Crippen LogP contribution in [0.2, 0.25) is 0 Å². The fourth-order valence-corrected chi connectivity index (χ4v) is 12.9. The molecule has 7 aliphatic rings. The molecule has 0 radical (unpaired) electrons. The molecule has 4 aliphatic carbocycles. The number of allylic oxidation sites excluding steroid dienone is 1. The van der Waals surface area contributed by atoms with E-state index in [2.05, 4.69) is 44.4 Å². The van der Waals surface area contributed by atoms with E-state index in [4.69, 9.17) is 18.9 Å². The summed E-state index contributed by atoms with van der Waals surface area (Å²) in [5, 5.41) is 5.45. The largest absolute Gasteiger partial charge is 0.460 e. The molecule has 2 N–H and O–H groups in total. The number of nitrogens with one attached hydrogen (secondary N) is 2. The number of rotatable bonds is 11. The molecule has 3 amide bonds. The highest BCUT2D eigenvalue weighted by Gasteiger charge is 2.68. The van der Waals surface area contributed by atoms with E-state index in [0.717, 1.165) is 58.0 Å². The van der Waals surface area contributed by atoms with Gasteiger partial charge in [0, 0.05) is 57.7 Å². The van der Waals surface area contributed by atoms with Crippen molar-refractivity contribution in [2.24, 2.45) is 46.3 Å². The molecular weight excluding hydrogens is 698 g/mol. The van der Waals surface area contributed by atoms with Crippen molar-refractivity contribution in [2.45, 2.75) is 167 Å². The lowest BCUT2D eigenvalue weighted by atomic mass is 9.47. The zero-order chi connectivity index (χ0) is 39.1. The fraction of sp³-hybridized carbons (Fsp3) is 0.864. The second-order valence-electron chi connectivity index (χ2n) is 19.2. The number of hydrogen-bond acceptors (Lipinski definition) is 8. The maximum atomic E-state index is 12.9. The fourth-order valence-electron chi connectivity index (χ4n) is 12.9. The van der Waals surface area contributed by atoms with Gasteiger partial charge >= 0.3 is 12.1 Å². The number of carbonyl (C=O) groups excluding carboxylic acids is 4. The third-order valence-corrected chi connectivity index (χ3v) is 15.9. The molecule has 1 spiro atoms. The van der Waals surface area contributed by atoms with Crippen LogP contribution in [-0.4, -0.2) is 85.7 Å². The van der Waals surface area contributed by atoms with Crippen LogP contribution in [0.15, 0.2) is 11.6 Å². The normalized spacial score (nSPS) is 41.7. The van der Waals surface area contributed by atoms with Crippen LogP contribution in [0.1, 0.15) is 137 Å². The van der Waals surface area contributed by atoms with Crippen LogP contribution < -0.4 is 10.6 Å². The molecule has 0 aromatic rings. The standard InChI is InChI=1S/C44H69N3O8/c1-27-15-20-44(52-26-27)29(3)40-36(55-44)24-35-33-12-11-30-23-31(16-18-42(30,4)34(33)17-19-43(35,40)5)54-41(51)46-21-9-7-8-10-38(49)47-25-32(22-28(47)2)53-39(50)14-13-37(48)45-6/h11,27-29,31-36,40H,7-10,12-26H2,1-6H3,(H,45,48)(H,46,51)/t27-,28-,29+,31+,32-,33-,34+,35+,36+,40+,42+,43+,44?/m1/s1. The van der Waals surface area contributed by atoms with Gasteiger partial charge in [0.2, 0.25) is 11.8 Å². The van der Waals surface area contributed by atoms with Gasteiger partial charge in [-0.05, 0) is 105 Å². The van der Waals surface area contributed by atoms with Gasteiger partial charge in [0.25, 0.3) is 0 Å². The van der Waals surface area contributed by atoms with Gasteiger partial charge in [-0.25, -0.2) is 4.79 Å². The number of carbonyl (C=O) groups is 4. The van der Waals surface area contributed by atoms with Crippen molar-refractivity contribution in [3.63, 3.8) is 0 Å². The maximum Gasteiger partial charge on any atom is 0.407 e. The number of likely N-dealkylation sites (tertiary alicyclic amines) is 1. The van der Waals surface area contributed by atoms with E-state index in [1.54, 1.807) is 4.90 Å². The Labute approximate surface area is 329 Å². The molecule has 3 aliphatic heterocycles. The summed E-state index contributed by atoms with van der Waals surface area (Å²) in [6, 6.07) is 0.00254. The van der Waals surface area contributed by atoms with E-state index in [9.17, 15) is 19.2 Å². The second-order valence-corrected chi connectivity index (χ2v) is 19.2. The molecule has 11 heteroatoms. The van der Waals surface area contributed by atoms with Gasteiger partial charge in [0.1, 0.15) is 12.2 Å². The molecule has 0 aromatic heterocycles. The van der Waals surface area contributed by atoms with Crippen LogP contribution >= 0.6 is 0 Å². The van der Waals surface area contributed by atoms with Crippen LogP contribution in [-0.2, 0) is 33.3 Å². The molecule has 11 nitrogen and oxygen atoms in total. The topological polar surface area (TPSA) is 132 Å². The third kappa shape index (κ3) is 7.96. The zero-order valence-corrected chi connectivity index (χ0v) is 34.5. The Bertz CT molecular complexity index is 1480.